The molecule has 14 heteroatoms. The van der Waals surface area contributed by atoms with E-state index in [-0.39, 0.29) is 28.6 Å². The van der Waals surface area contributed by atoms with Crippen molar-refractivity contribution >= 4 is 28.8 Å². The first-order valence-corrected chi connectivity index (χ1v) is 16.0. The Bertz CT molecular complexity index is 2110. The van der Waals surface area contributed by atoms with Gasteiger partial charge in [0.25, 0.3) is 17.4 Å². The molecule has 0 unspecified atom stereocenters. The zero-order valence-corrected chi connectivity index (χ0v) is 26.6. The van der Waals surface area contributed by atoms with Crippen LogP contribution in [0.15, 0.2) is 59.8 Å². The van der Waals surface area contributed by atoms with Crippen molar-refractivity contribution in [2.45, 2.75) is 64.1 Å². The van der Waals surface area contributed by atoms with Crippen molar-refractivity contribution in [1.82, 2.24) is 33.8 Å². The van der Waals surface area contributed by atoms with Gasteiger partial charge in [0.15, 0.2) is 17.3 Å². The first kappa shape index (κ1) is 31.2. The smallest absolute Gasteiger partial charge is 0.285 e. The Morgan fingerprint density at radius 3 is 2.52 bits per heavy atom. The highest BCUT2D eigenvalue weighted by Crippen LogP contribution is 2.38. The standard InChI is InChI=1S/C34H35F2N9O3/c1-34(2,36)33(48)42-15-11-20(12-16-42)26-18-23(29-30(37)39-19-40-44(26)29)22-10-9-21(17-24(22)35)41-31(46)28-25-7-4-6-14-43(25)45(32(28)47)27-8-3-5-13-38-27/h3,5,8-10,13,17-20H,4,6-7,11-12,14-16H2,1-2H3,(H,41,46)(H2,37,39,40). The van der Waals surface area contributed by atoms with Crippen molar-refractivity contribution in [3.05, 3.63) is 88.1 Å². The lowest BCUT2D eigenvalue weighted by Gasteiger charge is -2.34. The summed E-state index contributed by atoms with van der Waals surface area (Å²) < 4.78 is 35.1. The number of carbonyl (C=O) groups excluding carboxylic acids is 2. The van der Waals surface area contributed by atoms with Crippen molar-refractivity contribution < 1.29 is 18.4 Å². The molecule has 0 saturated carbocycles. The SMILES string of the molecule is CC(C)(F)C(=O)N1CCC(c2cc(-c3ccc(NC(=O)c4c5n(n(-c6ccccn6)c4=O)CCCC5)cc3F)c3c(N)ncnn23)CC1. The topological polar surface area (TPSA) is 145 Å². The number of nitrogens with two attached hydrogens (primary N) is 1. The number of nitrogens with one attached hydrogen (secondary N) is 1. The summed E-state index contributed by atoms with van der Waals surface area (Å²) in [4.78, 5) is 49.6. The first-order valence-electron chi connectivity index (χ1n) is 16.0. The van der Waals surface area contributed by atoms with E-state index in [1.165, 1.54) is 35.8 Å². The van der Waals surface area contributed by atoms with Gasteiger partial charge in [-0.2, -0.15) is 9.78 Å². The fourth-order valence-corrected chi connectivity index (χ4v) is 6.91. The van der Waals surface area contributed by atoms with Gasteiger partial charge in [-0.25, -0.2) is 23.3 Å². The number of amides is 2. The lowest BCUT2D eigenvalue weighted by atomic mass is 9.92. The third-order valence-corrected chi connectivity index (χ3v) is 9.21. The second kappa shape index (κ2) is 12.0. The van der Waals surface area contributed by atoms with Gasteiger partial charge < -0.3 is 16.0 Å². The fraction of sp³-hybridized carbons (Fsp3) is 0.353. The van der Waals surface area contributed by atoms with Gasteiger partial charge in [-0.3, -0.25) is 19.1 Å². The predicted octanol–water partition coefficient (Wildman–Crippen LogP) is 4.51. The van der Waals surface area contributed by atoms with E-state index in [0.717, 1.165) is 18.5 Å². The number of aromatic nitrogens is 6. The number of benzene rings is 1. The first-order chi connectivity index (χ1) is 23.0. The number of fused-ring (bicyclic) bond motifs is 2. The van der Waals surface area contributed by atoms with Gasteiger partial charge in [-0.15, -0.1) is 0 Å². The summed E-state index contributed by atoms with van der Waals surface area (Å²) in [7, 11) is 0. The van der Waals surface area contributed by atoms with Crippen LogP contribution in [0.25, 0.3) is 22.5 Å². The highest BCUT2D eigenvalue weighted by Gasteiger charge is 2.35. The summed E-state index contributed by atoms with van der Waals surface area (Å²) in [5, 5.41) is 7.13. The molecule has 2 aliphatic rings. The van der Waals surface area contributed by atoms with Crippen LogP contribution in [0, 0.1) is 5.82 Å². The molecule has 0 aliphatic carbocycles. The van der Waals surface area contributed by atoms with Gasteiger partial charge in [-0.05, 0) is 82.3 Å². The molecule has 0 spiro atoms. The molecule has 48 heavy (non-hydrogen) atoms. The van der Waals surface area contributed by atoms with Crippen molar-refractivity contribution in [2.24, 2.45) is 0 Å². The minimum Gasteiger partial charge on any atom is -0.382 e. The zero-order chi connectivity index (χ0) is 33.7. The molecule has 1 fully saturated rings. The van der Waals surface area contributed by atoms with Crippen LogP contribution >= 0.6 is 0 Å². The molecule has 2 aliphatic heterocycles. The molecule has 0 bridgehead atoms. The number of rotatable bonds is 6. The lowest BCUT2D eigenvalue weighted by molar-refractivity contribution is -0.143. The molecule has 5 aromatic rings. The van der Waals surface area contributed by atoms with E-state index < -0.39 is 28.9 Å². The molecule has 3 N–H and O–H groups in total. The maximum Gasteiger partial charge on any atom is 0.285 e. The van der Waals surface area contributed by atoms with Crippen LogP contribution in [0.3, 0.4) is 0 Å². The number of likely N-dealkylation sites (tertiary alicyclic amines) is 1. The summed E-state index contributed by atoms with van der Waals surface area (Å²) in [6.45, 7) is 3.84. The molecule has 1 aromatic carbocycles. The highest BCUT2D eigenvalue weighted by molar-refractivity contribution is 6.05. The Hall–Kier alpha value is -5.40. The molecule has 2 amide bonds. The van der Waals surface area contributed by atoms with Gasteiger partial charge in [-0.1, -0.05) is 6.07 Å². The number of anilines is 2. The second-order valence-corrected chi connectivity index (χ2v) is 12.8. The van der Waals surface area contributed by atoms with Crippen LogP contribution in [-0.2, 0) is 17.8 Å². The number of carbonyl (C=O) groups is 2. The molecule has 6 heterocycles. The lowest BCUT2D eigenvalue weighted by Crippen LogP contribution is -2.46. The van der Waals surface area contributed by atoms with Crippen LogP contribution in [0.1, 0.15) is 67.2 Å². The van der Waals surface area contributed by atoms with E-state index in [4.69, 9.17) is 5.73 Å². The Balaban J connectivity index is 1.18. The molecule has 7 rings (SSSR count). The Morgan fingerprint density at radius 1 is 1.02 bits per heavy atom. The molecular weight excluding hydrogens is 620 g/mol. The third-order valence-electron chi connectivity index (χ3n) is 9.21. The molecule has 1 saturated heterocycles. The van der Waals surface area contributed by atoms with Crippen LogP contribution in [0.5, 0.6) is 0 Å². The Kier molecular flexibility index (Phi) is 7.80. The van der Waals surface area contributed by atoms with E-state index in [0.29, 0.717) is 61.5 Å². The molecule has 0 atom stereocenters. The maximum absolute atomic E-state index is 15.9. The van der Waals surface area contributed by atoms with Crippen LogP contribution in [0.4, 0.5) is 20.3 Å². The van der Waals surface area contributed by atoms with Crippen molar-refractivity contribution in [3.63, 3.8) is 0 Å². The average molecular weight is 656 g/mol. The molecule has 0 radical (unpaired) electrons. The van der Waals surface area contributed by atoms with Crippen molar-refractivity contribution in [2.75, 3.05) is 24.1 Å². The molecular formula is C34H35F2N9O3. The monoisotopic (exact) mass is 655 g/mol. The van der Waals surface area contributed by atoms with Crippen LogP contribution < -0.4 is 16.6 Å². The quantitative estimate of drug-likeness (QED) is 0.274. The normalized spacial score (nSPS) is 15.5. The average Bonchev–Trinajstić information content (AvgIpc) is 3.60. The predicted molar refractivity (Wildman–Crippen MR) is 175 cm³/mol. The van der Waals surface area contributed by atoms with Crippen molar-refractivity contribution in [1.29, 1.82) is 0 Å². The van der Waals surface area contributed by atoms with Gasteiger partial charge >= 0.3 is 0 Å². The minimum atomic E-state index is -1.95. The van der Waals surface area contributed by atoms with E-state index in [9.17, 15) is 18.8 Å². The van der Waals surface area contributed by atoms with E-state index in [1.807, 2.05) is 6.07 Å². The van der Waals surface area contributed by atoms with Gasteiger partial charge in [0, 0.05) is 54.3 Å². The third kappa shape index (κ3) is 5.40. The molecule has 248 valence electrons. The Morgan fingerprint density at radius 2 is 1.81 bits per heavy atom. The van der Waals surface area contributed by atoms with Gasteiger partial charge in [0.2, 0.25) is 0 Å². The summed E-state index contributed by atoms with van der Waals surface area (Å²) in [6, 6.07) is 11.4. The number of nitrogen functional groups attached to an aromatic ring is 1. The second-order valence-electron chi connectivity index (χ2n) is 12.8. The Labute approximate surface area is 274 Å². The summed E-state index contributed by atoms with van der Waals surface area (Å²) in [5.74, 6) is -1.24. The molecule has 4 aromatic heterocycles. The molecule has 12 nitrogen and oxygen atoms in total. The number of hydrogen-bond donors (Lipinski definition) is 2. The number of hydrogen-bond acceptors (Lipinski definition) is 7. The highest BCUT2D eigenvalue weighted by atomic mass is 19.1. The number of piperidine rings is 1. The zero-order valence-electron chi connectivity index (χ0n) is 26.6. The summed E-state index contributed by atoms with van der Waals surface area (Å²) >= 11 is 0. The summed E-state index contributed by atoms with van der Waals surface area (Å²) in [5.41, 5.74) is 6.59. The van der Waals surface area contributed by atoms with Crippen molar-refractivity contribution in [3.8, 4) is 16.9 Å². The number of nitrogens with zero attached hydrogens (tertiary/aromatic N) is 7. The number of pyridine rings is 1. The van der Waals surface area contributed by atoms with Gasteiger partial charge in [0.05, 0.1) is 5.69 Å². The number of halogens is 2. The van der Waals surface area contributed by atoms with E-state index >= 15 is 4.39 Å². The van der Waals surface area contributed by atoms with Crippen LogP contribution in [0.2, 0.25) is 0 Å². The fourth-order valence-electron chi connectivity index (χ4n) is 6.91. The van der Waals surface area contributed by atoms with E-state index in [2.05, 4.69) is 20.4 Å². The largest absolute Gasteiger partial charge is 0.382 e. The minimum absolute atomic E-state index is 0.0145. The van der Waals surface area contributed by atoms with E-state index in [1.54, 1.807) is 45.7 Å². The van der Waals surface area contributed by atoms with Gasteiger partial charge in [0.1, 0.15) is 23.2 Å². The summed E-state index contributed by atoms with van der Waals surface area (Å²) in [6.07, 6.45) is 6.31. The number of alkyl halides is 1. The van der Waals surface area contributed by atoms with Crippen LogP contribution in [-0.4, -0.2) is 64.4 Å². The maximum atomic E-state index is 15.9.